The number of carbonyl (C=O) groups excluding carboxylic acids is 2. The van der Waals surface area contributed by atoms with Crippen LogP contribution in [-0.2, 0) is 4.79 Å². The Morgan fingerprint density at radius 1 is 0.893 bits per heavy atom. The lowest BCUT2D eigenvalue weighted by molar-refractivity contribution is -0.112. The predicted molar refractivity (Wildman–Crippen MR) is 104 cm³/mol. The molecular formula is C22H15FN2O3. The van der Waals surface area contributed by atoms with Crippen molar-refractivity contribution >= 4 is 28.3 Å². The molecule has 28 heavy (non-hydrogen) atoms. The van der Waals surface area contributed by atoms with E-state index >= 15 is 0 Å². The minimum Gasteiger partial charge on any atom is -0.457 e. The van der Waals surface area contributed by atoms with Crippen LogP contribution in [0, 0.1) is 5.82 Å². The highest BCUT2D eigenvalue weighted by Crippen LogP contribution is 2.23. The van der Waals surface area contributed by atoms with Crippen LogP contribution >= 0.6 is 0 Å². The second kappa shape index (κ2) is 7.36. The number of carbonyl (C=O) groups is 2. The molecule has 4 aromatic rings. The Morgan fingerprint density at radius 2 is 1.61 bits per heavy atom. The quantitative estimate of drug-likeness (QED) is 0.385. The summed E-state index contributed by atoms with van der Waals surface area (Å²) < 4.78 is 19.0. The molecule has 0 aliphatic carbocycles. The van der Waals surface area contributed by atoms with Gasteiger partial charge in [0.2, 0.25) is 0 Å². The summed E-state index contributed by atoms with van der Waals surface area (Å²) in [4.78, 5) is 27.6. The van der Waals surface area contributed by atoms with Gasteiger partial charge < -0.3 is 15.0 Å². The van der Waals surface area contributed by atoms with Gasteiger partial charge in [0.15, 0.2) is 0 Å². The zero-order valence-electron chi connectivity index (χ0n) is 14.6. The van der Waals surface area contributed by atoms with E-state index in [-0.39, 0.29) is 5.56 Å². The molecule has 138 valence electrons. The Balaban J connectivity index is 1.46. The van der Waals surface area contributed by atoms with Crippen LogP contribution < -0.4 is 10.1 Å². The van der Waals surface area contributed by atoms with Crippen molar-refractivity contribution in [2.45, 2.75) is 0 Å². The van der Waals surface area contributed by atoms with Gasteiger partial charge in [-0.3, -0.25) is 9.59 Å². The lowest BCUT2D eigenvalue weighted by Crippen LogP contribution is -2.22. The highest BCUT2D eigenvalue weighted by molar-refractivity contribution is 6.48. The molecule has 5 nitrogen and oxygen atoms in total. The van der Waals surface area contributed by atoms with Crippen molar-refractivity contribution in [3.05, 3.63) is 90.4 Å². The number of hydrogen-bond donors (Lipinski definition) is 2. The third-order valence-corrected chi connectivity index (χ3v) is 4.19. The lowest BCUT2D eigenvalue weighted by Gasteiger charge is -2.07. The van der Waals surface area contributed by atoms with Crippen molar-refractivity contribution in [2.24, 2.45) is 0 Å². The Bertz CT molecular complexity index is 1150. The maximum absolute atomic E-state index is 13.3. The molecule has 1 aromatic heterocycles. The molecule has 1 amide bonds. The molecule has 0 saturated heterocycles. The maximum Gasteiger partial charge on any atom is 0.296 e. The second-order valence-corrected chi connectivity index (χ2v) is 6.11. The molecule has 0 aliphatic rings. The number of Topliss-reactive ketones (excluding diaryl/α,β-unsaturated/α-hetero) is 1. The molecule has 0 fully saturated rings. The molecule has 0 unspecified atom stereocenters. The normalized spacial score (nSPS) is 10.6. The Labute approximate surface area is 159 Å². The highest BCUT2D eigenvalue weighted by Gasteiger charge is 2.20. The Morgan fingerprint density at radius 3 is 2.36 bits per heavy atom. The van der Waals surface area contributed by atoms with E-state index in [1.54, 1.807) is 24.3 Å². The van der Waals surface area contributed by atoms with Crippen LogP contribution in [0.3, 0.4) is 0 Å². The summed E-state index contributed by atoms with van der Waals surface area (Å²) in [5.41, 5.74) is 1.11. The SMILES string of the molecule is O=C(Nc1ccc(Oc2ccccc2)cc1)C(=O)c1c[nH]c2cc(F)ccc12. The molecule has 3 aromatic carbocycles. The van der Waals surface area contributed by atoms with E-state index in [0.717, 1.165) is 0 Å². The van der Waals surface area contributed by atoms with Crippen LogP contribution in [-0.4, -0.2) is 16.7 Å². The monoisotopic (exact) mass is 374 g/mol. The summed E-state index contributed by atoms with van der Waals surface area (Å²) in [6, 6.07) is 20.0. The summed E-state index contributed by atoms with van der Waals surface area (Å²) in [6.45, 7) is 0. The first-order valence-corrected chi connectivity index (χ1v) is 8.55. The number of ether oxygens (including phenoxy) is 1. The molecule has 4 rings (SSSR count). The van der Waals surface area contributed by atoms with E-state index in [1.165, 1.54) is 24.4 Å². The third-order valence-electron chi connectivity index (χ3n) is 4.19. The average molecular weight is 374 g/mol. The molecule has 0 radical (unpaired) electrons. The molecular weight excluding hydrogens is 359 g/mol. The van der Waals surface area contributed by atoms with Gasteiger partial charge in [0, 0.05) is 22.8 Å². The second-order valence-electron chi connectivity index (χ2n) is 6.11. The third kappa shape index (κ3) is 3.61. The summed E-state index contributed by atoms with van der Waals surface area (Å²) in [5.74, 6) is -0.598. The van der Waals surface area contributed by atoms with E-state index in [9.17, 15) is 14.0 Å². The molecule has 0 aliphatic heterocycles. The fourth-order valence-corrected chi connectivity index (χ4v) is 2.83. The number of rotatable bonds is 5. The number of aromatic amines is 1. The first-order chi connectivity index (χ1) is 13.6. The standard InChI is InChI=1S/C22H15FN2O3/c23-14-6-11-18-19(13-24-20(18)12-14)21(26)22(27)25-15-7-9-17(10-8-15)28-16-4-2-1-3-5-16/h1-13,24H,(H,25,27). The van der Waals surface area contributed by atoms with Gasteiger partial charge in [0.25, 0.3) is 11.7 Å². The van der Waals surface area contributed by atoms with E-state index in [0.29, 0.717) is 28.1 Å². The van der Waals surface area contributed by atoms with E-state index in [1.807, 2.05) is 30.3 Å². The van der Waals surface area contributed by atoms with Gasteiger partial charge in [-0.2, -0.15) is 0 Å². The van der Waals surface area contributed by atoms with Gasteiger partial charge in [0.1, 0.15) is 17.3 Å². The predicted octanol–water partition coefficient (Wildman–Crippen LogP) is 4.92. The first-order valence-electron chi connectivity index (χ1n) is 8.55. The Hall–Kier alpha value is -3.93. The number of H-pyrrole nitrogens is 1. The number of hydrogen-bond acceptors (Lipinski definition) is 3. The smallest absolute Gasteiger partial charge is 0.296 e. The summed E-state index contributed by atoms with van der Waals surface area (Å²) in [5, 5.41) is 3.06. The number of fused-ring (bicyclic) bond motifs is 1. The zero-order chi connectivity index (χ0) is 19.5. The topological polar surface area (TPSA) is 71.2 Å². The van der Waals surface area contributed by atoms with Gasteiger partial charge >= 0.3 is 0 Å². The van der Waals surface area contributed by atoms with Crippen LogP contribution in [0.15, 0.2) is 79.0 Å². The largest absolute Gasteiger partial charge is 0.457 e. The molecule has 0 bridgehead atoms. The molecule has 1 heterocycles. The average Bonchev–Trinajstić information content (AvgIpc) is 3.12. The van der Waals surface area contributed by atoms with Gasteiger partial charge in [-0.05, 0) is 54.6 Å². The number of nitrogens with one attached hydrogen (secondary N) is 2. The number of amides is 1. The number of aromatic nitrogens is 1. The fraction of sp³-hybridized carbons (Fsp3) is 0. The fourth-order valence-electron chi connectivity index (χ4n) is 2.83. The zero-order valence-corrected chi connectivity index (χ0v) is 14.6. The summed E-state index contributed by atoms with van der Waals surface area (Å²) >= 11 is 0. The number of benzene rings is 3. The van der Waals surface area contributed by atoms with Crippen LogP contribution in [0.25, 0.3) is 10.9 Å². The van der Waals surface area contributed by atoms with E-state index < -0.39 is 17.5 Å². The van der Waals surface area contributed by atoms with Crippen molar-refractivity contribution in [3.63, 3.8) is 0 Å². The van der Waals surface area contributed by atoms with Crippen LogP contribution in [0.2, 0.25) is 0 Å². The summed E-state index contributed by atoms with van der Waals surface area (Å²) in [6.07, 6.45) is 1.41. The van der Waals surface area contributed by atoms with Gasteiger partial charge in [-0.15, -0.1) is 0 Å². The number of ketones is 1. The van der Waals surface area contributed by atoms with Crippen molar-refractivity contribution in [1.82, 2.24) is 4.98 Å². The van der Waals surface area contributed by atoms with Crippen molar-refractivity contribution in [3.8, 4) is 11.5 Å². The molecule has 0 spiro atoms. The molecule has 0 atom stereocenters. The number of para-hydroxylation sites is 1. The molecule has 2 N–H and O–H groups in total. The van der Waals surface area contributed by atoms with E-state index in [4.69, 9.17) is 4.74 Å². The van der Waals surface area contributed by atoms with Crippen LogP contribution in [0.5, 0.6) is 11.5 Å². The van der Waals surface area contributed by atoms with Crippen LogP contribution in [0.1, 0.15) is 10.4 Å². The van der Waals surface area contributed by atoms with Crippen molar-refractivity contribution in [2.75, 3.05) is 5.32 Å². The molecule has 6 heteroatoms. The van der Waals surface area contributed by atoms with Crippen molar-refractivity contribution < 1.29 is 18.7 Å². The van der Waals surface area contributed by atoms with Gasteiger partial charge in [-0.25, -0.2) is 4.39 Å². The molecule has 0 saturated carbocycles. The van der Waals surface area contributed by atoms with Crippen LogP contribution in [0.4, 0.5) is 10.1 Å². The highest BCUT2D eigenvalue weighted by atomic mass is 19.1. The minimum absolute atomic E-state index is 0.191. The Kier molecular flexibility index (Phi) is 4.60. The maximum atomic E-state index is 13.3. The minimum atomic E-state index is -0.776. The lowest BCUT2D eigenvalue weighted by atomic mass is 10.1. The van der Waals surface area contributed by atoms with E-state index in [2.05, 4.69) is 10.3 Å². The van der Waals surface area contributed by atoms with Gasteiger partial charge in [0.05, 0.1) is 5.56 Å². The number of anilines is 1. The number of halogens is 1. The summed E-state index contributed by atoms with van der Waals surface area (Å²) in [7, 11) is 0. The van der Waals surface area contributed by atoms with Crippen molar-refractivity contribution in [1.29, 1.82) is 0 Å². The van der Waals surface area contributed by atoms with Gasteiger partial charge in [-0.1, -0.05) is 18.2 Å². The first kappa shape index (κ1) is 17.5.